The summed E-state index contributed by atoms with van der Waals surface area (Å²) in [6.07, 6.45) is 3.78. The van der Waals surface area contributed by atoms with Crippen molar-refractivity contribution in [2.45, 2.75) is 53.0 Å². The summed E-state index contributed by atoms with van der Waals surface area (Å²) in [7, 11) is 0. The van der Waals surface area contributed by atoms with Crippen LogP contribution in [0.25, 0.3) is 0 Å². The highest BCUT2D eigenvalue weighted by Gasteiger charge is 2.18. The standard InChI is InChI=1S/C16H24ClN3O/c1-11(10-20-13(3)8-12(2)19-20)9-18-16(21)14-6-4-5-7-15(14)17/h8,11H,4-7,9-10H2,1-3H3,(H,18,21)/t11-/m0/s1. The van der Waals surface area contributed by atoms with Crippen molar-refractivity contribution in [1.29, 1.82) is 0 Å². The Labute approximate surface area is 131 Å². The molecule has 0 aromatic carbocycles. The molecule has 1 aromatic rings. The molecule has 0 radical (unpaired) electrons. The number of halogens is 1. The number of aryl methyl sites for hydroxylation is 2. The minimum atomic E-state index is -0.0000761. The molecule has 116 valence electrons. The number of amides is 1. The lowest BCUT2D eigenvalue weighted by atomic mass is 9.98. The van der Waals surface area contributed by atoms with Gasteiger partial charge < -0.3 is 5.32 Å². The maximum absolute atomic E-state index is 12.2. The molecule has 1 aliphatic carbocycles. The first kappa shape index (κ1) is 16.1. The summed E-state index contributed by atoms with van der Waals surface area (Å²) in [6.45, 7) is 7.62. The first-order valence-corrected chi connectivity index (χ1v) is 8.02. The number of hydrogen-bond donors (Lipinski definition) is 1. The van der Waals surface area contributed by atoms with Crippen molar-refractivity contribution < 1.29 is 4.79 Å². The van der Waals surface area contributed by atoms with Crippen LogP contribution in [0.3, 0.4) is 0 Å². The smallest absolute Gasteiger partial charge is 0.248 e. The van der Waals surface area contributed by atoms with Gasteiger partial charge in [-0.05, 0) is 51.5 Å². The molecule has 1 atom stereocenters. The van der Waals surface area contributed by atoms with Crippen LogP contribution in [0, 0.1) is 19.8 Å². The van der Waals surface area contributed by atoms with E-state index in [0.717, 1.165) is 54.2 Å². The fourth-order valence-corrected chi connectivity index (χ4v) is 3.01. The molecule has 0 unspecified atom stereocenters. The van der Waals surface area contributed by atoms with Crippen LogP contribution in [0.4, 0.5) is 0 Å². The fourth-order valence-electron chi connectivity index (χ4n) is 2.70. The van der Waals surface area contributed by atoms with Crippen molar-refractivity contribution in [2.75, 3.05) is 6.54 Å². The van der Waals surface area contributed by atoms with Gasteiger partial charge in [0.15, 0.2) is 0 Å². The van der Waals surface area contributed by atoms with Crippen molar-refractivity contribution in [3.8, 4) is 0 Å². The maximum Gasteiger partial charge on any atom is 0.248 e. The van der Waals surface area contributed by atoms with E-state index >= 15 is 0 Å². The van der Waals surface area contributed by atoms with Gasteiger partial charge in [0.1, 0.15) is 0 Å². The van der Waals surface area contributed by atoms with E-state index in [0.29, 0.717) is 12.5 Å². The lowest BCUT2D eigenvalue weighted by Crippen LogP contribution is -2.32. The molecule has 0 saturated heterocycles. The van der Waals surface area contributed by atoms with Crippen molar-refractivity contribution in [3.63, 3.8) is 0 Å². The van der Waals surface area contributed by atoms with Crippen LogP contribution >= 0.6 is 11.6 Å². The minimum Gasteiger partial charge on any atom is -0.352 e. The summed E-state index contributed by atoms with van der Waals surface area (Å²) in [4.78, 5) is 12.2. The largest absolute Gasteiger partial charge is 0.352 e. The van der Waals surface area contributed by atoms with Gasteiger partial charge in [-0.1, -0.05) is 18.5 Å². The van der Waals surface area contributed by atoms with Crippen LogP contribution in [0.5, 0.6) is 0 Å². The summed E-state index contributed by atoms with van der Waals surface area (Å²) < 4.78 is 2.00. The zero-order valence-electron chi connectivity index (χ0n) is 13.1. The first-order valence-electron chi connectivity index (χ1n) is 7.64. The highest BCUT2D eigenvalue weighted by Crippen LogP contribution is 2.27. The number of nitrogens with one attached hydrogen (secondary N) is 1. The second-order valence-electron chi connectivity index (χ2n) is 6.01. The predicted molar refractivity (Wildman–Crippen MR) is 85.2 cm³/mol. The van der Waals surface area contributed by atoms with E-state index in [1.165, 1.54) is 0 Å². The monoisotopic (exact) mass is 309 g/mol. The molecule has 5 heteroatoms. The summed E-state index contributed by atoms with van der Waals surface area (Å²) in [6, 6.07) is 2.07. The molecule has 21 heavy (non-hydrogen) atoms. The Morgan fingerprint density at radius 2 is 2.14 bits per heavy atom. The van der Waals surface area contributed by atoms with Gasteiger partial charge in [0.05, 0.1) is 5.69 Å². The average Bonchev–Trinajstić information content (AvgIpc) is 2.74. The average molecular weight is 310 g/mol. The Hall–Kier alpha value is -1.29. The van der Waals surface area contributed by atoms with Crippen molar-refractivity contribution in [3.05, 3.63) is 28.1 Å². The Bertz CT molecular complexity index is 548. The van der Waals surface area contributed by atoms with Crippen LogP contribution in [0.2, 0.25) is 0 Å². The maximum atomic E-state index is 12.2. The molecule has 2 rings (SSSR count). The van der Waals surface area contributed by atoms with Gasteiger partial charge in [0.2, 0.25) is 5.91 Å². The molecular weight excluding hydrogens is 286 g/mol. The van der Waals surface area contributed by atoms with Crippen LogP contribution in [-0.2, 0) is 11.3 Å². The van der Waals surface area contributed by atoms with Gasteiger partial charge in [0, 0.05) is 29.4 Å². The number of allylic oxidation sites excluding steroid dienone is 1. The Morgan fingerprint density at radius 1 is 1.43 bits per heavy atom. The van der Waals surface area contributed by atoms with Gasteiger partial charge in [-0.15, -0.1) is 0 Å². The molecule has 1 aliphatic rings. The second-order valence-corrected chi connectivity index (χ2v) is 6.47. The molecular formula is C16H24ClN3O. The second kappa shape index (κ2) is 7.12. The van der Waals surface area contributed by atoms with E-state index in [1.807, 2.05) is 11.6 Å². The van der Waals surface area contributed by atoms with Crippen LogP contribution in [0.15, 0.2) is 16.7 Å². The van der Waals surface area contributed by atoms with E-state index in [9.17, 15) is 4.79 Å². The molecule has 4 nitrogen and oxygen atoms in total. The number of carbonyl (C=O) groups is 1. The Kier molecular flexibility index (Phi) is 5.45. The number of hydrogen-bond acceptors (Lipinski definition) is 2. The first-order chi connectivity index (χ1) is 9.97. The van der Waals surface area contributed by atoms with Gasteiger partial charge in [-0.2, -0.15) is 5.10 Å². The highest BCUT2D eigenvalue weighted by atomic mass is 35.5. The van der Waals surface area contributed by atoms with Gasteiger partial charge >= 0.3 is 0 Å². The Balaban J connectivity index is 1.85. The normalized spacial score (nSPS) is 17.0. The van der Waals surface area contributed by atoms with Gasteiger partial charge in [-0.25, -0.2) is 0 Å². The molecule has 1 aromatic heterocycles. The zero-order chi connectivity index (χ0) is 15.4. The van der Waals surface area contributed by atoms with E-state index < -0.39 is 0 Å². The van der Waals surface area contributed by atoms with Gasteiger partial charge in [-0.3, -0.25) is 9.48 Å². The minimum absolute atomic E-state index is 0.0000761. The third kappa shape index (κ3) is 4.34. The van der Waals surface area contributed by atoms with Crippen LogP contribution in [-0.4, -0.2) is 22.2 Å². The highest BCUT2D eigenvalue weighted by molar-refractivity contribution is 6.32. The topological polar surface area (TPSA) is 46.9 Å². The number of aromatic nitrogens is 2. The summed E-state index contributed by atoms with van der Waals surface area (Å²) in [5, 5.41) is 8.20. The number of nitrogens with zero attached hydrogens (tertiary/aromatic N) is 2. The number of carbonyl (C=O) groups excluding carboxylic acids is 1. The molecule has 0 fully saturated rings. The van der Waals surface area contributed by atoms with Crippen molar-refractivity contribution >= 4 is 17.5 Å². The molecule has 0 spiro atoms. The van der Waals surface area contributed by atoms with Crippen LogP contribution < -0.4 is 5.32 Å². The molecule has 1 N–H and O–H groups in total. The molecule has 0 bridgehead atoms. The van der Waals surface area contributed by atoms with E-state index in [-0.39, 0.29) is 5.91 Å². The summed E-state index contributed by atoms with van der Waals surface area (Å²) in [5.74, 6) is 0.329. The Morgan fingerprint density at radius 3 is 2.76 bits per heavy atom. The molecule has 0 aliphatic heterocycles. The van der Waals surface area contributed by atoms with Crippen molar-refractivity contribution in [2.24, 2.45) is 5.92 Å². The van der Waals surface area contributed by atoms with E-state index in [1.54, 1.807) is 0 Å². The molecule has 0 saturated carbocycles. The van der Waals surface area contributed by atoms with Crippen LogP contribution in [0.1, 0.15) is 44.0 Å². The van der Waals surface area contributed by atoms with E-state index in [2.05, 4.69) is 30.3 Å². The predicted octanol–water partition coefficient (Wildman–Crippen LogP) is 3.32. The third-order valence-corrected chi connectivity index (χ3v) is 4.29. The quantitative estimate of drug-likeness (QED) is 0.907. The van der Waals surface area contributed by atoms with E-state index in [4.69, 9.17) is 11.6 Å². The lowest BCUT2D eigenvalue weighted by Gasteiger charge is -2.18. The van der Waals surface area contributed by atoms with Crippen molar-refractivity contribution in [1.82, 2.24) is 15.1 Å². The third-order valence-electron chi connectivity index (χ3n) is 3.87. The SMILES string of the molecule is Cc1cc(C)n(C[C@@H](C)CNC(=O)C2=C(Cl)CCCC2)n1. The molecule has 1 heterocycles. The zero-order valence-corrected chi connectivity index (χ0v) is 13.8. The fraction of sp³-hybridized carbons (Fsp3) is 0.625. The lowest BCUT2D eigenvalue weighted by molar-refractivity contribution is -0.117. The summed E-state index contributed by atoms with van der Waals surface area (Å²) >= 11 is 6.15. The number of rotatable bonds is 5. The molecule has 1 amide bonds. The summed E-state index contributed by atoms with van der Waals surface area (Å²) in [5.41, 5.74) is 2.97. The van der Waals surface area contributed by atoms with Gasteiger partial charge in [0.25, 0.3) is 0 Å².